The molecule has 1 aliphatic heterocycles. The van der Waals surface area contributed by atoms with Crippen LogP contribution in [0.4, 0.5) is 0 Å². The zero-order valence-electron chi connectivity index (χ0n) is 13.3. The summed E-state index contributed by atoms with van der Waals surface area (Å²) < 4.78 is 5.45. The number of nitrogens with zero attached hydrogens (tertiary/aromatic N) is 1. The number of aliphatic hydroxyl groups is 1. The molecule has 0 unspecified atom stereocenters. The van der Waals surface area contributed by atoms with Crippen molar-refractivity contribution in [3.05, 3.63) is 35.9 Å². The van der Waals surface area contributed by atoms with E-state index < -0.39 is 0 Å². The summed E-state index contributed by atoms with van der Waals surface area (Å²) in [5.41, 5.74) is 7.54. The summed E-state index contributed by atoms with van der Waals surface area (Å²) in [6, 6.07) is 10.9. The average Bonchev–Trinajstić information content (AvgIpc) is 2.76. The summed E-state index contributed by atoms with van der Waals surface area (Å²) in [5, 5.41) is 10.7. The summed E-state index contributed by atoms with van der Waals surface area (Å²) in [4.78, 5) is 2.41. The van der Waals surface area contributed by atoms with Gasteiger partial charge in [0, 0.05) is 31.1 Å². The first-order valence-electron chi connectivity index (χ1n) is 8.51. The van der Waals surface area contributed by atoms with E-state index in [9.17, 15) is 5.11 Å². The third-order valence-electron chi connectivity index (χ3n) is 5.57. The van der Waals surface area contributed by atoms with Crippen molar-refractivity contribution in [2.45, 2.75) is 43.2 Å². The monoisotopic (exact) mass is 304 g/mol. The second-order valence-corrected chi connectivity index (χ2v) is 6.71. The maximum atomic E-state index is 10.7. The molecule has 0 spiro atoms. The van der Waals surface area contributed by atoms with Crippen molar-refractivity contribution in [3.63, 3.8) is 0 Å². The fraction of sp³-hybridized carbons (Fsp3) is 0.667. The van der Waals surface area contributed by atoms with E-state index in [0.717, 1.165) is 52.0 Å². The molecule has 4 nitrogen and oxygen atoms in total. The van der Waals surface area contributed by atoms with Crippen molar-refractivity contribution in [1.29, 1.82) is 0 Å². The molecule has 1 saturated heterocycles. The molecule has 0 amide bonds. The van der Waals surface area contributed by atoms with E-state index in [4.69, 9.17) is 10.5 Å². The van der Waals surface area contributed by atoms with Crippen molar-refractivity contribution in [1.82, 2.24) is 4.90 Å². The predicted molar refractivity (Wildman–Crippen MR) is 87.8 cm³/mol. The first-order valence-corrected chi connectivity index (χ1v) is 8.51. The molecule has 4 heteroatoms. The molecular formula is C18H28N2O2. The van der Waals surface area contributed by atoms with Gasteiger partial charge in [-0.3, -0.25) is 4.90 Å². The Morgan fingerprint density at radius 3 is 2.50 bits per heavy atom. The molecule has 3 N–H and O–H groups in total. The lowest BCUT2D eigenvalue weighted by Gasteiger charge is -2.36. The fourth-order valence-electron chi connectivity index (χ4n) is 4.10. The van der Waals surface area contributed by atoms with Gasteiger partial charge in [-0.2, -0.15) is 0 Å². The van der Waals surface area contributed by atoms with Crippen LogP contribution in [-0.2, 0) is 10.2 Å². The molecule has 1 saturated carbocycles. The van der Waals surface area contributed by atoms with Crippen LogP contribution >= 0.6 is 0 Å². The normalized spacial score (nSPS) is 34.3. The largest absolute Gasteiger partial charge is 0.391 e. The molecule has 22 heavy (non-hydrogen) atoms. The van der Waals surface area contributed by atoms with E-state index in [0.29, 0.717) is 6.54 Å². The molecule has 1 heterocycles. The number of rotatable bonds is 3. The Morgan fingerprint density at radius 2 is 1.82 bits per heavy atom. The topological polar surface area (TPSA) is 58.7 Å². The molecule has 3 rings (SSSR count). The van der Waals surface area contributed by atoms with Gasteiger partial charge in [0.1, 0.15) is 0 Å². The number of hydrogen-bond acceptors (Lipinski definition) is 4. The quantitative estimate of drug-likeness (QED) is 0.831. The molecule has 3 atom stereocenters. The molecule has 2 aliphatic rings. The highest BCUT2D eigenvalue weighted by Gasteiger charge is 2.38. The van der Waals surface area contributed by atoms with E-state index >= 15 is 0 Å². The minimum absolute atomic E-state index is 0.0171. The van der Waals surface area contributed by atoms with E-state index in [-0.39, 0.29) is 17.6 Å². The summed E-state index contributed by atoms with van der Waals surface area (Å²) >= 11 is 0. The van der Waals surface area contributed by atoms with Gasteiger partial charge in [0.15, 0.2) is 0 Å². The van der Waals surface area contributed by atoms with E-state index in [1.54, 1.807) is 0 Å². The zero-order chi connectivity index (χ0) is 15.4. The molecule has 2 fully saturated rings. The number of morpholine rings is 1. The Labute approximate surface area is 133 Å². The van der Waals surface area contributed by atoms with E-state index in [2.05, 4.69) is 35.2 Å². The molecule has 1 aliphatic carbocycles. The lowest BCUT2D eigenvalue weighted by atomic mass is 9.74. The molecular weight excluding hydrogens is 276 g/mol. The zero-order valence-corrected chi connectivity index (χ0v) is 13.3. The molecule has 0 radical (unpaired) electrons. The van der Waals surface area contributed by atoms with Gasteiger partial charge in [-0.05, 0) is 31.2 Å². The lowest BCUT2D eigenvalue weighted by Crippen LogP contribution is -2.48. The van der Waals surface area contributed by atoms with Crippen LogP contribution in [0.1, 0.15) is 31.2 Å². The Balaban J connectivity index is 1.77. The van der Waals surface area contributed by atoms with Gasteiger partial charge < -0.3 is 15.6 Å². The van der Waals surface area contributed by atoms with Crippen LogP contribution in [0, 0.1) is 0 Å². The van der Waals surface area contributed by atoms with Gasteiger partial charge in [-0.25, -0.2) is 0 Å². The summed E-state index contributed by atoms with van der Waals surface area (Å²) in [6.07, 6.45) is 3.60. The lowest BCUT2D eigenvalue weighted by molar-refractivity contribution is -0.0236. The van der Waals surface area contributed by atoms with E-state index in [1.807, 2.05) is 0 Å². The highest BCUT2D eigenvalue weighted by Crippen LogP contribution is 2.38. The highest BCUT2D eigenvalue weighted by atomic mass is 16.5. The molecule has 1 aromatic carbocycles. The van der Waals surface area contributed by atoms with Crippen LogP contribution in [0.3, 0.4) is 0 Å². The van der Waals surface area contributed by atoms with Crippen LogP contribution in [0.2, 0.25) is 0 Å². The third kappa shape index (κ3) is 3.20. The second-order valence-electron chi connectivity index (χ2n) is 6.71. The van der Waals surface area contributed by atoms with Crippen LogP contribution in [-0.4, -0.2) is 55.0 Å². The Morgan fingerprint density at radius 1 is 1.14 bits per heavy atom. The molecule has 0 aromatic heterocycles. The van der Waals surface area contributed by atoms with Gasteiger partial charge in [0.2, 0.25) is 0 Å². The minimum atomic E-state index is -0.254. The number of hydrogen-bond donors (Lipinski definition) is 2. The Bertz CT molecular complexity index is 461. The van der Waals surface area contributed by atoms with Crippen LogP contribution in [0.5, 0.6) is 0 Å². The first kappa shape index (κ1) is 15.9. The number of nitrogens with two attached hydrogens (primary N) is 1. The van der Waals surface area contributed by atoms with Gasteiger partial charge >= 0.3 is 0 Å². The number of aliphatic hydroxyl groups excluding tert-OH is 1. The first-order chi connectivity index (χ1) is 10.7. The smallest absolute Gasteiger partial charge is 0.0695 e. The highest BCUT2D eigenvalue weighted by molar-refractivity contribution is 5.26. The minimum Gasteiger partial charge on any atom is -0.391 e. The van der Waals surface area contributed by atoms with Crippen molar-refractivity contribution in [2.24, 2.45) is 5.73 Å². The third-order valence-corrected chi connectivity index (χ3v) is 5.57. The predicted octanol–water partition coefficient (Wildman–Crippen LogP) is 1.52. The van der Waals surface area contributed by atoms with Gasteiger partial charge in [-0.15, -0.1) is 0 Å². The number of benzene rings is 1. The Kier molecular flexibility index (Phi) is 5.14. The van der Waals surface area contributed by atoms with Gasteiger partial charge in [0.05, 0.1) is 19.3 Å². The maximum Gasteiger partial charge on any atom is 0.0695 e. The van der Waals surface area contributed by atoms with Crippen molar-refractivity contribution in [2.75, 3.05) is 32.8 Å². The summed E-state index contributed by atoms with van der Waals surface area (Å²) in [6.45, 7) is 4.08. The van der Waals surface area contributed by atoms with Crippen molar-refractivity contribution < 1.29 is 9.84 Å². The molecule has 122 valence electrons. The van der Waals surface area contributed by atoms with Crippen LogP contribution in [0.25, 0.3) is 0 Å². The van der Waals surface area contributed by atoms with Gasteiger partial charge in [-0.1, -0.05) is 30.3 Å². The van der Waals surface area contributed by atoms with Gasteiger partial charge in [0.25, 0.3) is 0 Å². The standard InChI is InChI=1S/C18H28N2O2/c19-14-18(15-4-2-1-3-5-15)8-6-16(17(21)7-9-18)20-10-12-22-13-11-20/h1-5,16-17,21H,6-14,19H2/t16-,17-,18-/m1/s1. The molecule has 1 aromatic rings. The SMILES string of the molecule is NC[C@]1(c2ccccc2)CC[C@@H](O)[C@H](N2CCOCC2)CC1. The second kappa shape index (κ2) is 7.09. The van der Waals surface area contributed by atoms with Crippen molar-refractivity contribution >= 4 is 0 Å². The van der Waals surface area contributed by atoms with E-state index in [1.165, 1.54) is 5.56 Å². The summed E-state index contributed by atoms with van der Waals surface area (Å²) in [5.74, 6) is 0. The van der Waals surface area contributed by atoms with Crippen LogP contribution in [0.15, 0.2) is 30.3 Å². The molecule has 0 bridgehead atoms. The fourth-order valence-corrected chi connectivity index (χ4v) is 4.10. The van der Waals surface area contributed by atoms with Crippen molar-refractivity contribution in [3.8, 4) is 0 Å². The average molecular weight is 304 g/mol. The summed E-state index contributed by atoms with van der Waals surface area (Å²) in [7, 11) is 0. The maximum absolute atomic E-state index is 10.7. The van der Waals surface area contributed by atoms with Crippen LogP contribution < -0.4 is 5.73 Å². The Hall–Kier alpha value is -0.940. The number of ether oxygens (including phenoxy) is 1.